The third-order valence-corrected chi connectivity index (χ3v) is 7.78. The maximum atomic E-state index is 13.3. The predicted octanol–water partition coefficient (Wildman–Crippen LogP) is 2.62. The zero-order chi connectivity index (χ0) is 27.5. The van der Waals surface area contributed by atoms with Gasteiger partial charge in [0.25, 0.3) is 0 Å². The molecule has 0 bridgehead atoms. The summed E-state index contributed by atoms with van der Waals surface area (Å²) in [5.41, 5.74) is 4.59. The number of hydrogen-bond acceptors (Lipinski definition) is 13. The van der Waals surface area contributed by atoms with Gasteiger partial charge in [-0.3, -0.25) is 18.6 Å². The molecule has 15 heteroatoms. The summed E-state index contributed by atoms with van der Waals surface area (Å²) in [4.78, 5) is 28.4. The van der Waals surface area contributed by atoms with E-state index in [1.807, 2.05) is 13.8 Å². The molecule has 4 heterocycles. The van der Waals surface area contributed by atoms with Crippen LogP contribution in [-0.4, -0.2) is 58.2 Å². The molecule has 2 aliphatic rings. The standard InChI is InChI=1S/C23H30N5O9P/c1-4-6-15(7-5-2)22(30)32-13-34-38(31)33-10-17-19(37-38)20(35-14(3)29)23(11-24,36-17)18-9-8-16-21(25)26-12-27-28(16)18/h8-9,12,15,17,19-20H,4-7,10,13H2,1-3H3,(H2,25,26,27)/t17-,19-,20-,23+,38+/m1/s1. The monoisotopic (exact) mass is 551 g/mol. The second-order valence-electron chi connectivity index (χ2n) is 8.99. The molecule has 0 radical (unpaired) electrons. The van der Waals surface area contributed by atoms with Crippen molar-refractivity contribution in [1.29, 1.82) is 5.26 Å². The summed E-state index contributed by atoms with van der Waals surface area (Å²) in [7, 11) is -4.29. The van der Waals surface area contributed by atoms with Crippen molar-refractivity contribution in [2.24, 2.45) is 5.92 Å². The highest BCUT2D eigenvalue weighted by Gasteiger charge is 2.64. The largest absolute Gasteiger partial charge is 0.478 e. The van der Waals surface area contributed by atoms with Gasteiger partial charge in [-0.05, 0) is 25.0 Å². The molecule has 0 saturated carbocycles. The number of fused-ring (bicyclic) bond motifs is 2. The van der Waals surface area contributed by atoms with Crippen molar-refractivity contribution in [2.45, 2.75) is 70.4 Å². The molecule has 2 aromatic rings. The highest BCUT2D eigenvalue weighted by atomic mass is 31.2. The van der Waals surface area contributed by atoms with Crippen LogP contribution < -0.4 is 5.73 Å². The lowest BCUT2D eigenvalue weighted by atomic mass is 9.92. The van der Waals surface area contributed by atoms with Gasteiger partial charge in [0, 0.05) is 6.92 Å². The average molecular weight is 551 g/mol. The number of rotatable bonds is 10. The van der Waals surface area contributed by atoms with E-state index < -0.39 is 50.5 Å². The number of anilines is 1. The number of nitriles is 1. The number of nitrogens with zero attached hydrogens (tertiary/aromatic N) is 4. The zero-order valence-electron chi connectivity index (χ0n) is 21.3. The number of phosphoric acid groups is 1. The Kier molecular flexibility index (Phi) is 8.34. The first-order valence-electron chi connectivity index (χ1n) is 12.3. The van der Waals surface area contributed by atoms with Crippen LogP contribution in [0.1, 0.15) is 52.1 Å². The third-order valence-electron chi connectivity index (χ3n) is 6.39. The Morgan fingerprint density at radius 2 is 2.08 bits per heavy atom. The number of nitrogens with two attached hydrogens (primary N) is 1. The lowest BCUT2D eigenvalue weighted by molar-refractivity contribution is -0.160. The Balaban J connectivity index is 1.56. The van der Waals surface area contributed by atoms with Crippen LogP contribution in [0.5, 0.6) is 0 Å². The number of phosphoric ester groups is 1. The van der Waals surface area contributed by atoms with Gasteiger partial charge in [-0.15, -0.1) is 0 Å². The van der Waals surface area contributed by atoms with Crippen LogP contribution in [-0.2, 0) is 47.5 Å². The second kappa shape index (κ2) is 11.3. The first kappa shape index (κ1) is 27.9. The number of carbonyl (C=O) groups excluding carboxylic acids is 2. The molecule has 4 rings (SSSR count). The fraction of sp³-hybridized carbons (Fsp3) is 0.609. The van der Waals surface area contributed by atoms with Gasteiger partial charge in [0.05, 0.1) is 18.2 Å². The normalized spacial score (nSPS) is 28.7. The van der Waals surface area contributed by atoms with Crippen LogP contribution >= 0.6 is 7.82 Å². The van der Waals surface area contributed by atoms with Gasteiger partial charge in [-0.1, -0.05) is 26.7 Å². The molecule has 14 nitrogen and oxygen atoms in total. The number of hydrogen-bond donors (Lipinski definition) is 1. The SMILES string of the molecule is CCCC(CCC)C(=O)OCO[P@]1(=O)OC[C@H]2O[C@@](C#N)(c3ccc4c(N)ncnn34)[C@H](OC(C)=O)[C@@H]2O1. The lowest BCUT2D eigenvalue weighted by Crippen LogP contribution is -2.46. The van der Waals surface area contributed by atoms with Gasteiger partial charge < -0.3 is 19.9 Å². The van der Waals surface area contributed by atoms with E-state index in [4.69, 9.17) is 33.5 Å². The Labute approximate surface area is 218 Å². The van der Waals surface area contributed by atoms with Crippen molar-refractivity contribution in [1.82, 2.24) is 14.6 Å². The first-order chi connectivity index (χ1) is 18.2. The number of ether oxygens (including phenoxy) is 3. The van der Waals surface area contributed by atoms with E-state index >= 15 is 0 Å². The molecule has 2 aliphatic heterocycles. The summed E-state index contributed by atoms with van der Waals surface area (Å²) in [6.45, 7) is 4.11. The highest BCUT2D eigenvalue weighted by molar-refractivity contribution is 7.48. The van der Waals surface area contributed by atoms with Crippen LogP contribution in [0, 0.1) is 17.2 Å². The van der Waals surface area contributed by atoms with Gasteiger partial charge in [0.2, 0.25) is 12.4 Å². The topological polar surface area (TPSA) is 187 Å². The van der Waals surface area contributed by atoms with E-state index in [9.17, 15) is 19.4 Å². The molecule has 38 heavy (non-hydrogen) atoms. The van der Waals surface area contributed by atoms with E-state index in [-0.39, 0.29) is 24.0 Å². The first-order valence-corrected chi connectivity index (χ1v) is 13.7. The molecule has 0 amide bonds. The number of aromatic nitrogens is 3. The van der Waals surface area contributed by atoms with Gasteiger partial charge in [0.15, 0.2) is 11.9 Å². The van der Waals surface area contributed by atoms with E-state index in [1.54, 1.807) is 6.07 Å². The minimum Gasteiger partial charge on any atom is -0.455 e. The molecule has 2 saturated heterocycles. The average Bonchev–Trinajstić information content (AvgIpc) is 3.44. The minimum absolute atomic E-state index is 0.158. The van der Waals surface area contributed by atoms with Gasteiger partial charge in [-0.25, -0.2) is 18.6 Å². The molecule has 0 aliphatic carbocycles. The Bertz CT molecular complexity index is 1270. The molecule has 0 spiro atoms. The zero-order valence-corrected chi connectivity index (χ0v) is 22.2. The maximum absolute atomic E-state index is 13.3. The Morgan fingerprint density at radius 3 is 2.74 bits per heavy atom. The van der Waals surface area contributed by atoms with E-state index in [0.717, 1.165) is 19.8 Å². The molecule has 5 atom stereocenters. The van der Waals surface area contributed by atoms with Gasteiger partial charge >= 0.3 is 19.8 Å². The van der Waals surface area contributed by atoms with Crippen molar-refractivity contribution < 1.29 is 41.9 Å². The summed E-state index contributed by atoms with van der Waals surface area (Å²) in [5.74, 6) is -1.34. The molecular formula is C23H30N5O9P. The molecule has 2 N–H and O–H groups in total. The molecule has 206 valence electrons. The maximum Gasteiger partial charge on any atom is 0.478 e. The summed E-state index contributed by atoms with van der Waals surface area (Å²) in [6.07, 6.45) is 0.569. The Morgan fingerprint density at radius 1 is 1.34 bits per heavy atom. The quantitative estimate of drug-likeness (QED) is 0.258. The summed E-state index contributed by atoms with van der Waals surface area (Å²) < 4.78 is 47.5. The summed E-state index contributed by atoms with van der Waals surface area (Å²) in [5, 5.41) is 14.5. The van der Waals surface area contributed by atoms with Crippen molar-refractivity contribution >= 4 is 31.1 Å². The fourth-order valence-electron chi connectivity index (χ4n) is 4.72. The van der Waals surface area contributed by atoms with Crippen molar-refractivity contribution in [2.75, 3.05) is 19.1 Å². The van der Waals surface area contributed by atoms with Crippen molar-refractivity contribution in [3.63, 3.8) is 0 Å². The molecule has 2 aromatic heterocycles. The third kappa shape index (κ3) is 5.25. The van der Waals surface area contributed by atoms with Crippen LogP contribution in [0.25, 0.3) is 5.52 Å². The van der Waals surface area contributed by atoms with Crippen LogP contribution in [0.3, 0.4) is 0 Å². The van der Waals surface area contributed by atoms with Crippen molar-refractivity contribution in [3.05, 3.63) is 24.2 Å². The highest BCUT2D eigenvalue weighted by Crippen LogP contribution is 2.58. The number of nitrogen functional groups attached to an aromatic ring is 1. The second-order valence-corrected chi connectivity index (χ2v) is 10.6. The minimum atomic E-state index is -4.29. The number of carbonyl (C=O) groups is 2. The van der Waals surface area contributed by atoms with E-state index in [0.29, 0.717) is 18.4 Å². The molecule has 2 fully saturated rings. The van der Waals surface area contributed by atoms with Crippen LogP contribution in [0.2, 0.25) is 0 Å². The van der Waals surface area contributed by atoms with Crippen LogP contribution in [0.4, 0.5) is 5.82 Å². The van der Waals surface area contributed by atoms with E-state index in [2.05, 4.69) is 16.2 Å². The predicted molar refractivity (Wildman–Crippen MR) is 129 cm³/mol. The summed E-state index contributed by atoms with van der Waals surface area (Å²) >= 11 is 0. The molecular weight excluding hydrogens is 521 g/mol. The smallest absolute Gasteiger partial charge is 0.455 e. The Hall–Kier alpha value is -3.08. The van der Waals surface area contributed by atoms with Crippen LogP contribution in [0.15, 0.2) is 18.5 Å². The fourth-order valence-corrected chi connectivity index (χ4v) is 5.98. The molecule has 0 aromatic carbocycles. The van der Waals surface area contributed by atoms with Crippen molar-refractivity contribution in [3.8, 4) is 6.07 Å². The molecule has 0 unspecified atom stereocenters. The summed E-state index contributed by atoms with van der Waals surface area (Å²) in [6, 6.07) is 5.19. The van der Waals surface area contributed by atoms with E-state index in [1.165, 1.54) is 16.9 Å². The van der Waals surface area contributed by atoms with Gasteiger partial charge in [0.1, 0.15) is 30.1 Å². The number of esters is 2. The lowest BCUT2D eigenvalue weighted by Gasteiger charge is -2.32. The van der Waals surface area contributed by atoms with Gasteiger partial charge in [-0.2, -0.15) is 10.4 Å².